The molecule has 30 heavy (non-hydrogen) atoms. The SMILES string of the molecule is Fc1ccc(OCCCN2CCN(C3=COC(C4=CC=CCC4)=CO3)CC2)c(F)c1. The quantitative estimate of drug-likeness (QED) is 0.619. The fourth-order valence-corrected chi connectivity index (χ4v) is 3.65. The molecule has 3 aliphatic rings. The molecule has 0 bridgehead atoms. The zero-order valence-electron chi connectivity index (χ0n) is 16.9. The van der Waals surface area contributed by atoms with Crippen molar-refractivity contribution in [2.45, 2.75) is 19.3 Å². The lowest BCUT2D eigenvalue weighted by Crippen LogP contribution is -2.46. The van der Waals surface area contributed by atoms with Gasteiger partial charge in [-0.15, -0.1) is 0 Å². The molecule has 160 valence electrons. The summed E-state index contributed by atoms with van der Waals surface area (Å²) in [5.41, 5.74) is 1.15. The highest BCUT2D eigenvalue weighted by atomic mass is 19.1. The molecule has 2 heterocycles. The second-order valence-electron chi connectivity index (χ2n) is 7.44. The molecule has 0 radical (unpaired) electrons. The van der Waals surface area contributed by atoms with Gasteiger partial charge in [-0.25, -0.2) is 8.78 Å². The van der Waals surface area contributed by atoms with E-state index < -0.39 is 11.6 Å². The van der Waals surface area contributed by atoms with Crippen LogP contribution in [-0.2, 0) is 9.47 Å². The van der Waals surface area contributed by atoms with Gasteiger partial charge in [-0.1, -0.05) is 18.2 Å². The van der Waals surface area contributed by atoms with Crippen molar-refractivity contribution in [2.75, 3.05) is 39.3 Å². The van der Waals surface area contributed by atoms with Gasteiger partial charge in [-0.05, 0) is 37.0 Å². The Balaban J connectivity index is 1.15. The van der Waals surface area contributed by atoms with E-state index in [-0.39, 0.29) is 5.75 Å². The summed E-state index contributed by atoms with van der Waals surface area (Å²) in [6.45, 7) is 4.74. The summed E-state index contributed by atoms with van der Waals surface area (Å²) in [5, 5.41) is 0. The molecule has 0 N–H and O–H groups in total. The second kappa shape index (κ2) is 9.80. The summed E-state index contributed by atoms with van der Waals surface area (Å²) in [4.78, 5) is 4.51. The first-order chi connectivity index (χ1) is 14.7. The van der Waals surface area contributed by atoms with E-state index >= 15 is 0 Å². The Morgan fingerprint density at radius 1 is 1.03 bits per heavy atom. The van der Waals surface area contributed by atoms with E-state index in [1.165, 1.54) is 12.1 Å². The molecular formula is C23H26F2N2O3. The van der Waals surface area contributed by atoms with Crippen molar-refractivity contribution >= 4 is 0 Å². The highest BCUT2D eigenvalue weighted by molar-refractivity contribution is 5.33. The molecular weight excluding hydrogens is 390 g/mol. The molecule has 7 heteroatoms. The molecule has 1 aromatic rings. The molecule has 1 aliphatic carbocycles. The van der Waals surface area contributed by atoms with Gasteiger partial charge in [0, 0.05) is 38.8 Å². The van der Waals surface area contributed by atoms with Crippen LogP contribution in [-0.4, -0.2) is 49.1 Å². The van der Waals surface area contributed by atoms with Crippen LogP contribution in [0.1, 0.15) is 19.3 Å². The fraction of sp³-hybridized carbons (Fsp3) is 0.391. The average Bonchev–Trinajstić information content (AvgIpc) is 2.79. The summed E-state index contributed by atoms with van der Waals surface area (Å²) in [6.07, 6.45) is 12.4. The largest absolute Gasteiger partial charge is 0.490 e. The summed E-state index contributed by atoms with van der Waals surface area (Å²) in [6, 6.07) is 3.36. The number of allylic oxidation sites excluding steroid dienone is 4. The van der Waals surface area contributed by atoms with Crippen LogP contribution >= 0.6 is 0 Å². The molecule has 0 amide bonds. The smallest absolute Gasteiger partial charge is 0.231 e. The summed E-state index contributed by atoms with van der Waals surface area (Å²) in [5.74, 6) is 0.338. The van der Waals surface area contributed by atoms with Crippen LogP contribution in [0.3, 0.4) is 0 Å². The van der Waals surface area contributed by atoms with Gasteiger partial charge < -0.3 is 19.1 Å². The van der Waals surface area contributed by atoms with Crippen molar-refractivity contribution in [2.24, 2.45) is 0 Å². The predicted octanol–water partition coefficient (Wildman–Crippen LogP) is 4.31. The highest BCUT2D eigenvalue weighted by Crippen LogP contribution is 2.26. The van der Waals surface area contributed by atoms with E-state index in [4.69, 9.17) is 14.2 Å². The Bertz CT molecular complexity index is 871. The number of benzene rings is 1. The number of nitrogens with zero attached hydrogens (tertiary/aromatic N) is 2. The highest BCUT2D eigenvalue weighted by Gasteiger charge is 2.22. The van der Waals surface area contributed by atoms with Gasteiger partial charge in [-0.3, -0.25) is 4.90 Å². The molecule has 1 saturated heterocycles. The molecule has 0 spiro atoms. The molecule has 0 atom stereocenters. The number of hydrogen-bond donors (Lipinski definition) is 0. The van der Waals surface area contributed by atoms with Gasteiger partial charge in [0.05, 0.1) is 6.61 Å². The normalized spacial score (nSPS) is 19.4. The molecule has 0 aromatic heterocycles. The number of ether oxygens (including phenoxy) is 3. The third-order valence-electron chi connectivity index (χ3n) is 5.36. The van der Waals surface area contributed by atoms with Crippen LogP contribution in [0.5, 0.6) is 5.75 Å². The van der Waals surface area contributed by atoms with Crippen molar-refractivity contribution in [3.63, 3.8) is 0 Å². The first kappa shape index (κ1) is 20.5. The number of piperazine rings is 1. The van der Waals surface area contributed by atoms with Crippen molar-refractivity contribution in [1.29, 1.82) is 0 Å². The van der Waals surface area contributed by atoms with E-state index in [2.05, 4.69) is 22.0 Å². The number of hydrogen-bond acceptors (Lipinski definition) is 5. The van der Waals surface area contributed by atoms with Crippen molar-refractivity contribution in [3.8, 4) is 5.75 Å². The minimum atomic E-state index is -0.667. The van der Waals surface area contributed by atoms with E-state index in [1.807, 2.05) is 6.08 Å². The third-order valence-corrected chi connectivity index (χ3v) is 5.36. The van der Waals surface area contributed by atoms with Crippen molar-refractivity contribution < 1.29 is 23.0 Å². The summed E-state index contributed by atoms with van der Waals surface area (Å²) < 4.78 is 43.5. The maximum atomic E-state index is 13.6. The maximum absolute atomic E-state index is 13.6. The van der Waals surface area contributed by atoms with Gasteiger partial charge in [0.1, 0.15) is 12.1 Å². The van der Waals surface area contributed by atoms with Crippen LogP contribution in [0.4, 0.5) is 8.78 Å². The molecule has 4 rings (SSSR count). The molecule has 2 aliphatic heterocycles. The minimum Gasteiger partial charge on any atom is -0.490 e. The van der Waals surface area contributed by atoms with Crippen molar-refractivity contribution in [1.82, 2.24) is 9.80 Å². The van der Waals surface area contributed by atoms with E-state index in [0.717, 1.165) is 75.3 Å². The molecule has 1 aromatic carbocycles. The van der Waals surface area contributed by atoms with Crippen LogP contribution in [0, 0.1) is 11.6 Å². The third kappa shape index (κ3) is 5.21. The predicted molar refractivity (Wildman–Crippen MR) is 109 cm³/mol. The zero-order valence-corrected chi connectivity index (χ0v) is 16.9. The Morgan fingerprint density at radius 3 is 2.60 bits per heavy atom. The van der Waals surface area contributed by atoms with E-state index in [0.29, 0.717) is 6.61 Å². The van der Waals surface area contributed by atoms with Crippen LogP contribution in [0.25, 0.3) is 0 Å². The zero-order chi connectivity index (χ0) is 20.8. The van der Waals surface area contributed by atoms with Crippen molar-refractivity contribution in [3.05, 3.63) is 77.8 Å². The van der Waals surface area contributed by atoms with Gasteiger partial charge in [0.2, 0.25) is 5.88 Å². The first-order valence-corrected chi connectivity index (χ1v) is 10.3. The Kier molecular flexibility index (Phi) is 6.69. The van der Waals surface area contributed by atoms with E-state index in [9.17, 15) is 8.78 Å². The topological polar surface area (TPSA) is 34.2 Å². The molecule has 5 nitrogen and oxygen atoms in total. The van der Waals surface area contributed by atoms with E-state index in [1.54, 1.807) is 12.5 Å². The summed E-state index contributed by atoms with van der Waals surface area (Å²) in [7, 11) is 0. The lowest BCUT2D eigenvalue weighted by molar-refractivity contribution is 0.0822. The molecule has 0 unspecified atom stereocenters. The lowest BCUT2D eigenvalue weighted by atomic mass is 10.0. The Morgan fingerprint density at radius 2 is 1.90 bits per heavy atom. The molecule has 1 fully saturated rings. The molecule has 0 saturated carbocycles. The summed E-state index contributed by atoms with van der Waals surface area (Å²) >= 11 is 0. The maximum Gasteiger partial charge on any atom is 0.231 e. The van der Waals surface area contributed by atoms with Gasteiger partial charge in [0.15, 0.2) is 23.6 Å². The Labute approximate surface area is 175 Å². The van der Waals surface area contributed by atoms with Gasteiger partial charge >= 0.3 is 0 Å². The Hall–Kier alpha value is -2.80. The number of halogens is 2. The lowest BCUT2D eigenvalue weighted by Gasteiger charge is -2.36. The van der Waals surface area contributed by atoms with Crippen LogP contribution in [0.15, 0.2) is 66.2 Å². The van der Waals surface area contributed by atoms with Gasteiger partial charge in [0.25, 0.3) is 0 Å². The monoisotopic (exact) mass is 416 g/mol. The first-order valence-electron chi connectivity index (χ1n) is 10.3. The second-order valence-corrected chi connectivity index (χ2v) is 7.44. The average molecular weight is 416 g/mol. The van der Waals surface area contributed by atoms with Crippen LogP contribution in [0.2, 0.25) is 0 Å². The standard InChI is InChI=1S/C23H26F2N2O3/c24-19-7-8-21(20(25)15-19)28-14-4-9-26-10-12-27(13-11-26)23-17-29-22(16-30-23)18-5-2-1-3-6-18/h1-2,5,7-8,15-17H,3-4,6,9-14H2. The van der Waals surface area contributed by atoms with Gasteiger partial charge in [-0.2, -0.15) is 0 Å². The minimum absolute atomic E-state index is 0.0926. The fourth-order valence-electron chi connectivity index (χ4n) is 3.65. The van der Waals surface area contributed by atoms with Crippen LogP contribution < -0.4 is 4.74 Å². The number of rotatable bonds is 7.